The first-order chi connectivity index (χ1) is 9.33. The molecule has 0 spiro atoms. The van der Waals surface area contributed by atoms with E-state index in [1.54, 1.807) is 12.2 Å². The summed E-state index contributed by atoms with van der Waals surface area (Å²) >= 11 is 0. The summed E-state index contributed by atoms with van der Waals surface area (Å²) in [6.07, 6.45) is -0.720. The molecule has 1 aromatic carbocycles. The lowest BCUT2D eigenvalue weighted by Crippen LogP contribution is -2.24. The Labute approximate surface area is 113 Å². The van der Waals surface area contributed by atoms with Crippen molar-refractivity contribution in [1.82, 2.24) is 0 Å². The summed E-state index contributed by atoms with van der Waals surface area (Å²) < 4.78 is 39.7. The van der Waals surface area contributed by atoms with Gasteiger partial charge in [-0.2, -0.15) is 0 Å². The Morgan fingerprint density at radius 1 is 1.25 bits per heavy atom. The molecule has 0 saturated heterocycles. The Hall–Kier alpha value is -2.02. The molecular formula is C13H13F3N2O2. The molecule has 0 fully saturated rings. The van der Waals surface area contributed by atoms with Crippen LogP contribution in [0.15, 0.2) is 36.4 Å². The molecular weight excluding hydrogens is 273 g/mol. The van der Waals surface area contributed by atoms with Crippen molar-refractivity contribution < 1.29 is 22.7 Å². The maximum absolute atomic E-state index is 12.0. The number of ether oxygens (including phenoxy) is 1. The van der Waals surface area contributed by atoms with Crippen molar-refractivity contribution in [3.8, 4) is 5.75 Å². The number of halogens is 3. The van der Waals surface area contributed by atoms with Crippen LogP contribution in [0.3, 0.4) is 0 Å². The number of amides is 1. The minimum atomic E-state index is -4.73. The van der Waals surface area contributed by atoms with E-state index in [1.807, 2.05) is 0 Å². The minimum Gasteiger partial charge on any atom is -0.406 e. The molecule has 7 heteroatoms. The first kappa shape index (κ1) is 14.4. The molecule has 0 radical (unpaired) electrons. The van der Waals surface area contributed by atoms with Crippen molar-refractivity contribution >= 4 is 11.6 Å². The maximum atomic E-state index is 12.0. The summed E-state index contributed by atoms with van der Waals surface area (Å²) in [6, 6.07) is 4.83. The molecule has 2 unspecified atom stereocenters. The fourth-order valence-electron chi connectivity index (χ4n) is 1.90. The van der Waals surface area contributed by atoms with Crippen LogP contribution >= 0.6 is 0 Å². The van der Waals surface area contributed by atoms with Crippen LogP contribution < -0.4 is 15.8 Å². The van der Waals surface area contributed by atoms with E-state index in [0.717, 1.165) is 12.1 Å². The molecule has 1 amide bonds. The number of nitrogens with two attached hydrogens (primary N) is 1. The van der Waals surface area contributed by atoms with Gasteiger partial charge in [0, 0.05) is 11.7 Å². The number of rotatable bonds is 3. The van der Waals surface area contributed by atoms with E-state index in [-0.39, 0.29) is 23.6 Å². The summed E-state index contributed by atoms with van der Waals surface area (Å²) in [5, 5.41) is 2.61. The van der Waals surface area contributed by atoms with Crippen molar-refractivity contribution in [2.45, 2.75) is 18.8 Å². The highest BCUT2D eigenvalue weighted by molar-refractivity contribution is 5.94. The highest BCUT2D eigenvalue weighted by Crippen LogP contribution is 2.24. The highest BCUT2D eigenvalue weighted by Gasteiger charge is 2.31. The van der Waals surface area contributed by atoms with Crippen LogP contribution in [0.2, 0.25) is 0 Å². The second-order valence-corrected chi connectivity index (χ2v) is 4.45. The normalized spacial score (nSPS) is 21.8. The zero-order chi connectivity index (χ0) is 14.8. The SMILES string of the molecule is NC1C=CC(C(=O)Nc2ccc(OC(F)(F)F)cc2)C1. The standard InChI is InChI=1S/C13H13F3N2O2/c14-13(15,16)20-11-5-3-10(4-6-11)18-12(19)8-1-2-9(17)7-8/h1-6,8-9H,7,17H2,(H,18,19). The molecule has 0 aromatic heterocycles. The Balaban J connectivity index is 1.94. The van der Waals surface area contributed by atoms with Crippen LogP contribution in [0.5, 0.6) is 5.75 Å². The van der Waals surface area contributed by atoms with Gasteiger partial charge in [-0.15, -0.1) is 13.2 Å². The van der Waals surface area contributed by atoms with Crippen molar-refractivity contribution in [3.63, 3.8) is 0 Å². The van der Waals surface area contributed by atoms with Crippen molar-refractivity contribution in [2.24, 2.45) is 11.7 Å². The van der Waals surface area contributed by atoms with E-state index in [9.17, 15) is 18.0 Å². The molecule has 2 rings (SSSR count). The Kier molecular flexibility index (Phi) is 3.99. The quantitative estimate of drug-likeness (QED) is 0.839. The van der Waals surface area contributed by atoms with Gasteiger partial charge in [0.15, 0.2) is 0 Å². The number of hydrogen-bond donors (Lipinski definition) is 2. The van der Waals surface area contributed by atoms with E-state index >= 15 is 0 Å². The van der Waals surface area contributed by atoms with Crippen molar-refractivity contribution in [1.29, 1.82) is 0 Å². The molecule has 2 atom stereocenters. The number of anilines is 1. The third-order valence-electron chi connectivity index (χ3n) is 2.81. The summed E-state index contributed by atoms with van der Waals surface area (Å²) in [4.78, 5) is 11.8. The largest absolute Gasteiger partial charge is 0.573 e. The van der Waals surface area contributed by atoms with E-state index in [1.165, 1.54) is 12.1 Å². The maximum Gasteiger partial charge on any atom is 0.573 e. The predicted octanol–water partition coefficient (Wildman–Crippen LogP) is 2.43. The highest BCUT2D eigenvalue weighted by atomic mass is 19.4. The first-order valence-corrected chi connectivity index (χ1v) is 5.94. The van der Waals surface area contributed by atoms with Crippen LogP contribution in [0.25, 0.3) is 0 Å². The zero-order valence-electron chi connectivity index (χ0n) is 10.4. The van der Waals surface area contributed by atoms with Gasteiger partial charge >= 0.3 is 6.36 Å². The number of carbonyl (C=O) groups excluding carboxylic acids is 1. The van der Waals surface area contributed by atoms with E-state index < -0.39 is 6.36 Å². The van der Waals surface area contributed by atoms with E-state index in [2.05, 4.69) is 10.1 Å². The fraction of sp³-hybridized carbons (Fsp3) is 0.308. The average Bonchev–Trinajstić information content (AvgIpc) is 2.77. The molecule has 0 heterocycles. The Morgan fingerprint density at radius 2 is 1.90 bits per heavy atom. The molecule has 1 aliphatic carbocycles. The van der Waals surface area contributed by atoms with Gasteiger partial charge in [-0.25, -0.2) is 0 Å². The zero-order valence-corrected chi connectivity index (χ0v) is 10.4. The van der Waals surface area contributed by atoms with Crippen LogP contribution in [0.4, 0.5) is 18.9 Å². The fourth-order valence-corrected chi connectivity index (χ4v) is 1.90. The van der Waals surface area contributed by atoms with Crippen LogP contribution in [0.1, 0.15) is 6.42 Å². The number of carbonyl (C=O) groups is 1. The monoisotopic (exact) mass is 286 g/mol. The van der Waals surface area contributed by atoms with Crippen LogP contribution in [-0.4, -0.2) is 18.3 Å². The number of alkyl halides is 3. The topological polar surface area (TPSA) is 64.4 Å². The molecule has 4 nitrogen and oxygen atoms in total. The van der Waals surface area contributed by atoms with Gasteiger partial charge in [0.25, 0.3) is 0 Å². The van der Waals surface area contributed by atoms with Crippen LogP contribution in [0, 0.1) is 5.92 Å². The van der Waals surface area contributed by atoms with Crippen molar-refractivity contribution in [2.75, 3.05) is 5.32 Å². The lowest BCUT2D eigenvalue weighted by molar-refractivity contribution is -0.274. The second kappa shape index (κ2) is 5.54. The lowest BCUT2D eigenvalue weighted by atomic mass is 10.1. The molecule has 0 saturated carbocycles. The smallest absolute Gasteiger partial charge is 0.406 e. The minimum absolute atomic E-state index is 0.131. The van der Waals surface area contributed by atoms with Crippen LogP contribution in [-0.2, 0) is 4.79 Å². The van der Waals surface area contributed by atoms with Gasteiger partial charge in [0.1, 0.15) is 5.75 Å². The number of benzene rings is 1. The summed E-state index contributed by atoms with van der Waals surface area (Å²) in [5.41, 5.74) is 6.05. The number of hydrogen-bond acceptors (Lipinski definition) is 3. The van der Waals surface area contributed by atoms with Gasteiger partial charge in [-0.3, -0.25) is 4.79 Å². The molecule has 108 valence electrons. The molecule has 0 aliphatic heterocycles. The lowest BCUT2D eigenvalue weighted by Gasteiger charge is -2.12. The van der Waals surface area contributed by atoms with Crippen molar-refractivity contribution in [3.05, 3.63) is 36.4 Å². The summed E-state index contributed by atoms with van der Waals surface area (Å²) in [7, 11) is 0. The molecule has 20 heavy (non-hydrogen) atoms. The number of nitrogens with one attached hydrogen (secondary N) is 1. The summed E-state index contributed by atoms with van der Waals surface area (Å²) in [6.45, 7) is 0. The summed E-state index contributed by atoms with van der Waals surface area (Å²) in [5.74, 6) is -0.881. The average molecular weight is 286 g/mol. The second-order valence-electron chi connectivity index (χ2n) is 4.45. The third kappa shape index (κ3) is 3.99. The Morgan fingerprint density at radius 3 is 2.40 bits per heavy atom. The molecule has 1 aliphatic rings. The Bertz CT molecular complexity index is 511. The van der Waals surface area contributed by atoms with Gasteiger partial charge in [-0.05, 0) is 30.7 Å². The van der Waals surface area contributed by atoms with Gasteiger partial charge in [-0.1, -0.05) is 12.2 Å². The van der Waals surface area contributed by atoms with E-state index in [4.69, 9.17) is 5.73 Å². The van der Waals surface area contributed by atoms with Gasteiger partial charge in [0.05, 0.1) is 5.92 Å². The third-order valence-corrected chi connectivity index (χ3v) is 2.81. The molecule has 1 aromatic rings. The predicted molar refractivity (Wildman–Crippen MR) is 67.0 cm³/mol. The first-order valence-electron chi connectivity index (χ1n) is 5.94. The van der Waals surface area contributed by atoms with Gasteiger partial charge in [0.2, 0.25) is 5.91 Å². The molecule has 3 N–H and O–H groups in total. The van der Waals surface area contributed by atoms with E-state index in [0.29, 0.717) is 12.1 Å². The molecule has 0 bridgehead atoms. The van der Waals surface area contributed by atoms with Gasteiger partial charge < -0.3 is 15.8 Å².